The van der Waals surface area contributed by atoms with Crippen LogP contribution in [0.5, 0.6) is 0 Å². The summed E-state index contributed by atoms with van der Waals surface area (Å²) in [6, 6.07) is 0. The summed E-state index contributed by atoms with van der Waals surface area (Å²) >= 11 is 0. The molecule has 2 fully saturated rings. The first kappa shape index (κ1) is 18.8. The van der Waals surface area contributed by atoms with Crippen LogP contribution in [0.15, 0.2) is 35.5 Å². The van der Waals surface area contributed by atoms with E-state index in [9.17, 15) is 19.8 Å². The van der Waals surface area contributed by atoms with Gasteiger partial charge in [0, 0.05) is 17.3 Å². The fourth-order valence-corrected chi connectivity index (χ4v) is 7.35. The summed E-state index contributed by atoms with van der Waals surface area (Å²) in [5.74, 6) is 0.373. The number of aliphatic hydroxyl groups excluding tert-OH is 2. The summed E-state index contributed by atoms with van der Waals surface area (Å²) in [4.78, 5) is 24.5. The van der Waals surface area contributed by atoms with Crippen molar-refractivity contribution in [3.8, 4) is 0 Å². The molecule has 2 unspecified atom stereocenters. The second-order valence-corrected chi connectivity index (χ2v) is 9.73. The van der Waals surface area contributed by atoms with Gasteiger partial charge in [-0.3, -0.25) is 9.59 Å². The maximum Gasteiger partial charge on any atom is 0.178 e. The predicted octanol–water partition coefficient (Wildman–Crippen LogP) is 2.85. The van der Waals surface area contributed by atoms with E-state index in [1.54, 1.807) is 12.2 Å². The van der Waals surface area contributed by atoms with E-state index in [0.29, 0.717) is 12.3 Å². The van der Waals surface area contributed by atoms with E-state index in [2.05, 4.69) is 33.8 Å². The lowest BCUT2D eigenvalue weighted by Crippen LogP contribution is -2.55. The standard InChI is InChI=1S/C23H30O4/c1-12-7-15-17-8-13(2)20(19(27)11-24)23(17,4)10-18(26)21(15)22(3)6-5-14(25)9-16(12)22/h5-7,9,13,15,17-18,20-21,24,26H,8,10-11H2,1-4H3/t13?,15-,17-,18?,20+,21+,22-,23-/m0/s1. The minimum Gasteiger partial charge on any atom is -0.393 e. The van der Waals surface area contributed by atoms with Gasteiger partial charge in [-0.15, -0.1) is 0 Å². The Morgan fingerprint density at radius 3 is 2.70 bits per heavy atom. The third-order valence-electron chi connectivity index (χ3n) is 8.22. The van der Waals surface area contributed by atoms with Gasteiger partial charge < -0.3 is 10.2 Å². The number of ketones is 2. The molecule has 0 spiro atoms. The summed E-state index contributed by atoms with van der Waals surface area (Å²) in [6.07, 6.45) is 8.53. The van der Waals surface area contributed by atoms with Crippen molar-refractivity contribution in [1.82, 2.24) is 0 Å². The number of fused-ring (bicyclic) bond motifs is 5. The van der Waals surface area contributed by atoms with Crippen molar-refractivity contribution in [3.63, 3.8) is 0 Å². The second kappa shape index (κ2) is 5.99. The molecular formula is C23H30O4. The van der Waals surface area contributed by atoms with Gasteiger partial charge in [-0.2, -0.15) is 0 Å². The van der Waals surface area contributed by atoms with Gasteiger partial charge in [0.15, 0.2) is 11.6 Å². The Morgan fingerprint density at radius 2 is 2.04 bits per heavy atom. The van der Waals surface area contributed by atoms with Crippen molar-refractivity contribution in [2.75, 3.05) is 6.61 Å². The van der Waals surface area contributed by atoms with Crippen LogP contribution in [0.4, 0.5) is 0 Å². The molecule has 0 saturated heterocycles. The van der Waals surface area contributed by atoms with Crippen LogP contribution >= 0.6 is 0 Å². The lowest BCUT2D eigenvalue weighted by Gasteiger charge is -2.57. The molecule has 27 heavy (non-hydrogen) atoms. The first-order chi connectivity index (χ1) is 12.6. The maximum atomic E-state index is 12.5. The van der Waals surface area contributed by atoms with Gasteiger partial charge >= 0.3 is 0 Å². The van der Waals surface area contributed by atoms with Crippen LogP contribution < -0.4 is 0 Å². The van der Waals surface area contributed by atoms with Crippen LogP contribution in [0, 0.1) is 40.4 Å². The zero-order valence-corrected chi connectivity index (χ0v) is 16.6. The summed E-state index contributed by atoms with van der Waals surface area (Å²) in [5.41, 5.74) is 1.47. The Balaban J connectivity index is 1.83. The monoisotopic (exact) mass is 370 g/mol. The van der Waals surface area contributed by atoms with Crippen LogP contribution in [0.1, 0.15) is 40.5 Å². The Labute approximate surface area is 161 Å². The molecule has 4 heteroatoms. The van der Waals surface area contributed by atoms with Gasteiger partial charge in [0.1, 0.15) is 6.61 Å². The number of hydrogen-bond acceptors (Lipinski definition) is 4. The van der Waals surface area contributed by atoms with Crippen molar-refractivity contribution < 1.29 is 19.8 Å². The van der Waals surface area contributed by atoms with Gasteiger partial charge in [0.2, 0.25) is 0 Å². The van der Waals surface area contributed by atoms with Crippen molar-refractivity contribution in [2.24, 2.45) is 40.4 Å². The zero-order valence-electron chi connectivity index (χ0n) is 16.6. The highest BCUT2D eigenvalue weighted by Crippen LogP contribution is 2.66. The topological polar surface area (TPSA) is 74.6 Å². The zero-order chi connectivity index (χ0) is 19.7. The second-order valence-electron chi connectivity index (χ2n) is 9.73. The number of Topliss-reactive ketones (excluding diaryl/α,β-unsaturated/α-hetero) is 1. The van der Waals surface area contributed by atoms with Crippen LogP contribution in [0.2, 0.25) is 0 Å². The lowest BCUT2D eigenvalue weighted by molar-refractivity contribution is -0.137. The van der Waals surface area contributed by atoms with E-state index in [1.807, 2.05) is 6.08 Å². The van der Waals surface area contributed by atoms with E-state index < -0.39 is 12.7 Å². The third kappa shape index (κ3) is 2.42. The summed E-state index contributed by atoms with van der Waals surface area (Å²) in [5, 5.41) is 20.8. The molecule has 0 amide bonds. The molecule has 0 radical (unpaired) electrons. The molecule has 4 aliphatic carbocycles. The average Bonchev–Trinajstić information content (AvgIpc) is 2.85. The molecule has 4 aliphatic rings. The molecule has 0 aromatic carbocycles. The first-order valence-corrected chi connectivity index (χ1v) is 10.1. The van der Waals surface area contributed by atoms with Crippen LogP contribution in [-0.4, -0.2) is 34.5 Å². The van der Waals surface area contributed by atoms with Crippen LogP contribution in [0.25, 0.3) is 0 Å². The third-order valence-corrected chi connectivity index (χ3v) is 8.22. The number of carbonyl (C=O) groups is 2. The normalized spacial score (nSPS) is 48.3. The SMILES string of the molecule is CC1=C[C@H]2[C@@H]3CC(C)[C@H](C(=O)CO)[C@@]3(C)CC(O)[C@@H]2[C@@]2(C)C=CC(=O)C=C12. The molecule has 2 N–H and O–H groups in total. The molecule has 0 heterocycles. The lowest BCUT2D eigenvalue weighted by atomic mass is 9.47. The first-order valence-electron chi connectivity index (χ1n) is 10.1. The molecular weight excluding hydrogens is 340 g/mol. The summed E-state index contributed by atoms with van der Waals surface area (Å²) in [6.45, 7) is 8.01. The molecule has 4 rings (SSSR count). The van der Waals surface area contributed by atoms with Crippen molar-refractivity contribution in [3.05, 3.63) is 35.5 Å². The molecule has 2 saturated carbocycles. The summed E-state index contributed by atoms with van der Waals surface area (Å²) in [7, 11) is 0. The Morgan fingerprint density at radius 1 is 1.33 bits per heavy atom. The minimum absolute atomic E-state index is 0.00468. The molecule has 4 nitrogen and oxygen atoms in total. The average molecular weight is 370 g/mol. The van der Waals surface area contributed by atoms with Crippen molar-refractivity contribution >= 4 is 11.6 Å². The predicted molar refractivity (Wildman–Crippen MR) is 103 cm³/mol. The minimum atomic E-state index is -0.550. The molecule has 0 aromatic heterocycles. The quantitative estimate of drug-likeness (QED) is 0.784. The molecule has 146 valence electrons. The largest absolute Gasteiger partial charge is 0.393 e. The molecule has 0 aromatic rings. The van der Waals surface area contributed by atoms with Gasteiger partial charge in [0.25, 0.3) is 0 Å². The van der Waals surface area contributed by atoms with E-state index in [-0.39, 0.29) is 46.1 Å². The number of allylic oxidation sites excluding steroid dienone is 6. The van der Waals surface area contributed by atoms with Crippen molar-refractivity contribution in [1.29, 1.82) is 0 Å². The van der Waals surface area contributed by atoms with Crippen molar-refractivity contribution in [2.45, 2.75) is 46.6 Å². The number of hydrogen-bond donors (Lipinski definition) is 2. The molecule has 0 bridgehead atoms. The van der Waals surface area contributed by atoms with Gasteiger partial charge in [-0.05, 0) is 60.7 Å². The number of carbonyl (C=O) groups excluding carboxylic acids is 2. The molecule has 8 atom stereocenters. The van der Waals surface area contributed by atoms with E-state index in [1.165, 1.54) is 0 Å². The smallest absolute Gasteiger partial charge is 0.178 e. The van der Waals surface area contributed by atoms with Gasteiger partial charge in [0.05, 0.1) is 6.10 Å². The fraction of sp³-hybridized carbons (Fsp3) is 0.652. The number of aliphatic hydroxyl groups is 2. The summed E-state index contributed by atoms with van der Waals surface area (Å²) < 4.78 is 0. The van der Waals surface area contributed by atoms with Crippen LogP contribution in [0.3, 0.4) is 0 Å². The Bertz CT molecular complexity index is 790. The van der Waals surface area contributed by atoms with E-state index in [4.69, 9.17) is 0 Å². The van der Waals surface area contributed by atoms with Gasteiger partial charge in [-0.25, -0.2) is 0 Å². The highest BCUT2D eigenvalue weighted by Gasteiger charge is 2.63. The van der Waals surface area contributed by atoms with E-state index >= 15 is 0 Å². The maximum absolute atomic E-state index is 12.5. The Hall–Kier alpha value is -1.52. The molecule has 0 aliphatic heterocycles. The highest BCUT2D eigenvalue weighted by molar-refractivity contribution is 6.02. The van der Waals surface area contributed by atoms with E-state index in [0.717, 1.165) is 17.6 Å². The van der Waals surface area contributed by atoms with Gasteiger partial charge in [-0.1, -0.05) is 38.5 Å². The highest BCUT2D eigenvalue weighted by atomic mass is 16.3. The Kier molecular flexibility index (Phi) is 4.17. The van der Waals surface area contributed by atoms with Crippen LogP contribution in [-0.2, 0) is 9.59 Å². The fourth-order valence-electron chi connectivity index (χ4n) is 7.35. The number of rotatable bonds is 2.